The zero-order chi connectivity index (χ0) is 15.1. The van der Waals surface area contributed by atoms with E-state index in [0.29, 0.717) is 5.69 Å². The number of hydrogen-bond donors (Lipinski definition) is 0. The molecule has 2 aromatic carbocycles. The summed E-state index contributed by atoms with van der Waals surface area (Å²) in [5, 5.41) is 26.7. The SMILES string of the molecule is Cc1cccc(N=NC(C#N)(C#N)Cc2ccccc2)c1. The normalized spacial score (nSPS) is 11.0. The second-order valence-electron chi connectivity index (χ2n) is 4.79. The number of rotatable bonds is 4. The zero-order valence-corrected chi connectivity index (χ0v) is 11.7. The molecule has 0 N–H and O–H groups in total. The van der Waals surface area contributed by atoms with Gasteiger partial charge in [0.25, 0.3) is 5.54 Å². The molecule has 0 saturated heterocycles. The van der Waals surface area contributed by atoms with Gasteiger partial charge >= 0.3 is 0 Å². The Hall–Kier alpha value is -2.98. The highest BCUT2D eigenvalue weighted by atomic mass is 15.1. The number of nitriles is 2. The average Bonchev–Trinajstić information content (AvgIpc) is 2.53. The van der Waals surface area contributed by atoms with Crippen molar-refractivity contribution >= 4 is 5.69 Å². The van der Waals surface area contributed by atoms with Gasteiger partial charge in [0.1, 0.15) is 12.1 Å². The molecule has 0 aliphatic carbocycles. The van der Waals surface area contributed by atoms with Crippen LogP contribution in [0.15, 0.2) is 64.8 Å². The van der Waals surface area contributed by atoms with Crippen molar-refractivity contribution in [3.05, 3.63) is 65.7 Å². The maximum Gasteiger partial charge on any atom is 0.256 e. The maximum atomic E-state index is 9.34. The highest BCUT2D eigenvalue weighted by molar-refractivity contribution is 5.39. The van der Waals surface area contributed by atoms with Gasteiger partial charge in [0, 0.05) is 6.42 Å². The molecule has 4 heteroatoms. The van der Waals surface area contributed by atoms with E-state index in [1.54, 1.807) is 6.07 Å². The third-order valence-corrected chi connectivity index (χ3v) is 3.01. The van der Waals surface area contributed by atoms with Gasteiger partial charge in [-0.1, -0.05) is 42.5 Å². The molecule has 0 amide bonds. The topological polar surface area (TPSA) is 72.3 Å². The Kier molecular flexibility index (Phi) is 4.43. The monoisotopic (exact) mass is 274 g/mol. The summed E-state index contributed by atoms with van der Waals surface area (Å²) in [6.45, 7) is 1.95. The molecular formula is C17H14N4. The Bertz CT molecular complexity index is 706. The Morgan fingerprint density at radius 1 is 1.00 bits per heavy atom. The molecule has 0 bridgehead atoms. The van der Waals surface area contributed by atoms with Crippen LogP contribution in [0, 0.1) is 29.6 Å². The van der Waals surface area contributed by atoms with E-state index in [9.17, 15) is 10.5 Å². The summed E-state index contributed by atoms with van der Waals surface area (Å²) in [6.07, 6.45) is 0.218. The van der Waals surface area contributed by atoms with Crippen molar-refractivity contribution in [1.82, 2.24) is 0 Å². The van der Waals surface area contributed by atoms with Gasteiger partial charge in [0.2, 0.25) is 0 Å². The number of hydrogen-bond acceptors (Lipinski definition) is 4. The van der Waals surface area contributed by atoms with Gasteiger partial charge < -0.3 is 0 Å². The van der Waals surface area contributed by atoms with Crippen molar-refractivity contribution in [1.29, 1.82) is 10.5 Å². The van der Waals surface area contributed by atoms with Crippen molar-refractivity contribution in [2.45, 2.75) is 18.9 Å². The molecule has 21 heavy (non-hydrogen) atoms. The van der Waals surface area contributed by atoms with E-state index in [1.165, 1.54) is 0 Å². The molecule has 0 aliphatic rings. The first-order valence-electron chi connectivity index (χ1n) is 6.53. The van der Waals surface area contributed by atoms with Crippen LogP contribution in [0.2, 0.25) is 0 Å². The van der Waals surface area contributed by atoms with E-state index in [0.717, 1.165) is 11.1 Å². The lowest BCUT2D eigenvalue weighted by atomic mass is 9.95. The second-order valence-corrected chi connectivity index (χ2v) is 4.79. The Balaban J connectivity index is 2.27. The quantitative estimate of drug-likeness (QED) is 0.787. The van der Waals surface area contributed by atoms with Crippen LogP contribution in [-0.2, 0) is 6.42 Å². The number of aryl methyl sites for hydroxylation is 1. The van der Waals surface area contributed by atoms with Gasteiger partial charge in [-0.15, -0.1) is 0 Å². The van der Waals surface area contributed by atoms with Crippen LogP contribution in [0.5, 0.6) is 0 Å². The summed E-state index contributed by atoms with van der Waals surface area (Å²) >= 11 is 0. The molecule has 0 spiro atoms. The molecule has 0 heterocycles. The predicted octanol–water partition coefficient (Wildman–Crippen LogP) is 4.11. The van der Waals surface area contributed by atoms with E-state index >= 15 is 0 Å². The van der Waals surface area contributed by atoms with Crippen molar-refractivity contribution in [2.75, 3.05) is 0 Å². The highest BCUT2D eigenvalue weighted by Crippen LogP contribution is 2.21. The minimum Gasteiger partial charge on any atom is -0.194 e. The molecule has 0 saturated carbocycles. The summed E-state index contributed by atoms with van der Waals surface area (Å²) in [6, 6.07) is 20.8. The predicted molar refractivity (Wildman–Crippen MR) is 79.8 cm³/mol. The summed E-state index contributed by atoms with van der Waals surface area (Å²) in [5.41, 5.74) is 1.07. The Morgan fingerprint density at radius 2 is 1.71 bits per heavy atom. The van der Waals surface area contributed by atoms with E-state index in [1.807, 2.05) is 67.6 Å². The van der Waals surface area contributed by atoms with Crippen LogP contribution in [0.3, 0.4) is 0 Å². The molecule has 0 unspecified atom stereocenters. The first-order valence-corrected chi connectivity index (χ1v) is 6.53. The lowest BCUT2D eigenvalue weighted by Gasteiger charge is -2.11. The fourth-order valence-corrected chi connectivity index (χ4v) is 1.91. The molecule has 0 atom stereocenters. The number of azo groups is 1. The van der Waals surface area contributed by atoms with E-state index in [2.05, 4.69) is 10.2 Å². The first kappa shape index (κ1) is 14.4. The standard InChI is InChI=1S/C17H14N4/c1-14-6-5-9-16(10-14)20-21-17(12-18,13-19)11-15-7-3-2-4-8-15/h2-10H,11H2,1H3. The largest absolute Gasteiger partial charge is 0.256 e. The van der Waals surface area contributed by atoms with Crippen molar-refractivity contribution in [2.24, 2.45) is 10.2 Å². The molecular weight excluding hydrogens is 260 g/mol. The lowest BCUT2D eigenvalue weighted by molar-refractivity contribution is 0.645. The van der Waals surface area contributed by atoms with E-state index in [4.69, 9.17) is 0 Å². The Morgan fingerprint density at radius 3 is 2.33 bits per heavy atom. The van der Waals surface area contributed by atoms with Gasteiger partial charge in [0.15, 0.2) is 0 Å². The molecule has 0 radical (unpaired) electrons. The second kappa shape index (κ2) is 6.45. The fourth-order valence-electron chi connectivity index (χ4n) is 1.91. The molecule has 4 nitrogen and oxygen atoms in total. The molecule has 2 rings (SSSR count). The summed E-state index contributed by atoms with van der Waals surface area (Å²) in [7, 11) is 0. The van der Waals surface area contributed by atoms with Crippen LogP contribution in [0.25, 0.3) is 0 Å². The van der Waals surface area contributed by atoms with Gasteiger partial charge in [-0.2, -0.15) is 20.8 Å². The molecule has 0 fully saturated rings. The number of benzene rings is 2. The Labute approximate surface area is 124 Å². The van der Waals surface area contributed by atoms with Crippen molar-refractivity contribution in [3.8, 4) is 12.1 Å². The van der Waals surface area contributed by atoms with Crippen LogP contribution in [-0.4, -0.2) is 5.54 Å². The van der Waals surface area contributed by atoms with E-state index < -0.39 is 5.54 Å². The molecule has 0 aliphatic heterocycles. The van der Waals surface area contributed by atoms with Crippen molar-refractivity contribution < 1.29 is 0 Å². The summed E-state index contributed by atoms with van der Waals surface area (Å²) in [4.78, 5) is 0. The van der Waals surface area contributed by atoms with Crippen LogP contribution in [0.4, 0.5) is 5.69 Å². The summed E-state index contributed by atoms with van der Waals surface area (Å²) in [5.74, 6) is 0. The van der Waals surface area contributed by atoms with Crippen molar-refractivity contribution in [3.63, 3.8) is 0 Å². The zero-order valence-electron chi connectivity index (χ0n) is 11.7. The highest BCUT2D eigenvalue weighted by Gasteiger charge is 2.30. The third-order valence-electron chi connectivity index (χ3n) is 3.01. The molecule has 2 aromatic rings. The number of nitrogens with zero attached hydrogens (tertiary/aromatic N) is 4. The van der Waals surface area contributed by atoms with Crippen LogP contribution in [0.1, 0.15) is 11.1 Å². The van der Waals surface area contributed by atoms with Gasteiger partial charge in [-0.05, 0) is 30.2 Å². The van der Waals surface area contributed by atoms with Gasteiger partial charge in [-0.25, -0.2) is 0 Å². The molecule has 0 aromatic heterocycles. The fraction of sp³-hybridized carbons (Fsp3) is 0.176. The molecule has 102 valence electrons. The van der Waals surface area contributed by atoms with Crippen LogP contribution >= 0.6 is 0 Å². The average molecular weight is 274 g/mol. The minimum atomic E-state index is -1.49. The smallest absolute Gasteiger partial charge is 0.194 e. The lowest BCUT2D eigenvalue weighted by Crippen LogP contribution is -2.24. The minimum absolute atomic E-state index is 0.218. The summed E-state index contributed by atoms with van der Waals surface area (Å²) < 4.78 is 0. The first-order chi connectivity index (χ1) is 10.2. The maximum absolute atomic E-state index is 9.34. The van der Waals surface area contributed by atoms with E-state index in [-0.39, 0.29) is 6.42 Å². The van der Waals surface area contributed by atoms with Crippen LogP contribution < -0.4 is 0 Å². The third kappa shape index (κ3) is 3.75. The van der Waals surface area contributed by atoms with Gasteiger partial charge in [-0.3, -0.25) is 0 Å². The van der Waals surface area contributed by atoms with Gasteiger partial charge in [0.05, 0.1) is 5.69 Å².